The molecule has 5 heteroatoms. The highest BCUT2D eigenvalue weighted by Crippen LogP contribution is 2.40. The van der Waals surface area contributed by atoms with Crippen molar-refractivity contribution in [3.05, 3.63) is 41.2 Å². The Hall–Kier alpha value is -2.30. The molecule has 1 aliphatic heterocycles. The molecule has 2 aliphatic rings. The number of para-hydroxylation sites is 2. The predicted octanol–water partition coefficient (Wildman–Crippen LogP) is 2.67. The van der Waals surface area contributed by atoms with Gasteiger partial charge >= 0.3 is 0 Å². The molecule has 4 rings (SSSR count). The predicted molar refractivity (Wildman–Crippen MR) is 91.2 cm³/mol. The SMILES string of the molecule is Cc1nn(C)c(C)c1C(=O)N1CCN(C2CC2)c2ccccc21. The van der Waals surface area contributed by atoms with Gasteiger partial charge in [-0.15, -0.1) is 0 Å². The lowest BCUT2D eigenvalue weighted by atomic mass is 10.1. The average molecular weight is 310 g/mol. The van der Waals surface area contributed by atoms with Gasteiger partial charge in [0.15, 0.2) is 0 Å². The number of benzene rings is 1. The van der Waals surface area contributed by atoms with E-state index in [9.17, 15) is 4.79 Å². The molecule has 1 amide bonds. The second-order valence-corrected chi connectivity index (χ2v) is 6.54. The van der Waals surface area contributed by atoms with Crippen LogP contribution in [0.3, 0.4) is 0 Å². The molecule has 120 valence electrons. The summed E-state index contributed by atoms with van der Waals surface area (Å²) in [6, 6.07) is 8.93. The fraction of sp³-hybridized carbons (Fsp3) is 0.444. The highest BCUT2D eigenvalue weighted by Gasteiger charge is 2.36. The number of carbonyl (C=O) groups excluding carboxylic acids is 1. The lowest BCUT2D eigenvalue weighted by Gasteiger charge is -2.38. The fourth-order valence-electron chi connectivity index (χ4n) is 3.58. The zero-order valence-corrected chi connectivity index (χ0v) is 13.9. The molecule has 0 bridgehead atoms. The van der Waals surface area contributed by atoms with E-state index in [0.717, 1.165) is 35.7 Å². The van der Waals surface area contributed by atoms with Crippen molar-refractivity contribution < 1.29 is 4.79 Å². The van der Waals surface area contributed by atoms with Gasteiger partial charge in [-0.25, -0.2) is 0 Å². The Morgan fingerprint density at radius 3 is 2.43 bits per heavy atom. The maximum atomic E-state index is 13.2. The third-order valence-electron chi connectivity index (χ3n) is 5.00. The van der Waals surface area contributed by atoms with Crippen LogP contribution in [0, 0.1) is 13.8 Å². The Balaban J connectivity index is 1.74. The molecule has 1 aromatic heterocycles. The van der Waals surface area contributed by atoms with Crippen molar-refractivity contribution in [3.63, 3.8) is 0 Å². The Bertz CT molecular complexity index is 775. The number of hydrogen-bond acceptors (Lipinski definition) is 3. The second-order valence-electron chi connectivity index (χ2n) is 6.54. The number of carbonyl (C=O) groups is 1. The van der Waals surface area contributed by atoms with Crippen molar-refractivity contribution in [2.75, 3.05) is 22.9 Å². The van der Waals surface area contributed by atoms with Crippen molar-refractivity contribution in [1.29, 1.82) is 0 Å². The molecular formula is C18H22N4O. The molecule has 0 unspecified atom stereocenters. The maximum Gasteiger partial charge on any atom is 0.262 e. The Morgan fingerprint density at radius 2 is 1.83 bits per heavy atom. The molecule has 1 aromatic carbocycles. The number of aryl methyl sites for hydroxylation is 2. The van der Waals surface area contributed by atoms with E-state index < -0.39 is 0 Å². The van der Waals surface area contributed by atoms with Crippen LogP contribution in [0.25, 0.3) is 0 Å². The van der Waals surface area contributed by atoms with Gasteiger partial charge in [-0.2, -0.15) is 5.10 Å². The average Bonchev–Trinajstić information content (AvgIpc) is 3.34. The number of amides is 1. The van der Waals surface area contributed by atoms with Crippen molar-refractivity contribution in [3.8, 4) is 0 Å². The molecule has 5 nitrogen and oxygen atoms in total. The Morgan fingerprint density at radius 1 is 1.13 bits per heavy atom. The number of nitrogens with zero attached hydrogens (tertiary/aromatic N) is 4. The number of hydrogen-bond donors (Lipinski definition) is 0. The van der Waals surface area contributed by atoms with Gasteiger partial charge in [-0.1, -0.05) is 12.1 Å². The third-order valence-corrected chi connectivity index (χ3v) is 5.00. The van der Waals surface area contributed by atoms with Gasteiger partial charge < -0.3 is 9.80 Å². The molecule has 2 aromatic rings. The minimum Gasteiger partial charge on any atom is -0.365 e. The highest BCUT2D eigenvalue weighted by atomic mass is 16.2. The largest absolute Gasteiger partial charge is 0.365 e. The summed E-state index contributed by atoms with van der Waals surface area (Å²) in [6.45, 7) is 5.51. The summed E-state index contributed by atoms with van der Waals surface area (Å²) in [5, 5.41) is 4.39. The van der Waals surface area contributed by atoms with Gasteiger partial charge in [0, 0.05) is 31.9 Å². The van der Waals surface area contributed by atoms with E-state index in [1.165, 1.54) is 18.5 Å². The summed E-state index contributed by atoms with van der Waals surface area (Å²) in [5.74, 6) is 0.0657. The van der Waals surface area contributed by atoms with Gasteiger partial charge in [0.05, 0.1) is 22.6 Å². The number of rotatable bonds is 2. The van der Waals surface area contributed by atoms with E-state index in [4.69, 9.17) is 0 Å². The summed E-state index contributed by atoms with van der Waals surface area (Å²) >= 11 is 0. The molecule has 1 saturated carbocycles. The standard InChI is InChI=1S/C18H22N4O/c1-12-17(13(2)20(3)19-12)18(23)22-11-10-21(14-8-9-14)15-6-4-5-7-16(15)22/h4-7,14H,8-11H2,1-3H3. The summed E-state index contributed by atoms with van der Waals surface area (Å²) in [6.07, 6.45) is 2.53. The van der Waals surface area contributed by atoms with Crippen LogP contribution in [-0.4, -0.2) is 34.8 Å². The molecule has 1 aliphatic carbocycles. The Labute approximate surface area is 136 Å². The van der Waals surface area contributed by atoms with Gasteiger partial charge in [0.25, 0.3) is 5.91 Å². The van der Waals surface area contributed by atoms with E-state index in [-0.39, 0.29) is 5.91 Å². The normalized spacial score (nSPS) is 17.3. The summed E-state index contributed by atoms with van der Waals surface area (Å²) in [4.78, 5) is 17.5. The molecular weight excluding hydrogens is 288 g/mol. The molecule has 0 spiro atoms. The smallest absolute Gasteiger partial charge is 0.262 e. The molecule has 23 heavy (non-hydrogen) atoms. The maximum absolute atomic E-state index is 13.2. The third kappa shape index (κ3) is 2.22. The zero-order valence-electron chi connectivity index (χ0n) is 13.9. The Kier molecular flexibility index (Phi) is 3.18. The zero-order chi connectivity index (χ0) is 16.1. The van der Waals surface area contributed by atoms with Crippen LogP contribution >= 0.6 is 0 Å². The first-order chi connectivity index (χ1) is 11.1. The minimum absolute atomic E-state index is 0.0657. The van der Waals surface area contributed by atoms with Crippen molar-refractivity contribution in [2.45, 2.75) is 32.7 Å². The van der Waals surface area contributed by atoms with Crippen LogP contribution in [0.15, 0.2) is 24.3 Å². The van der Waals surface area contributed by atoms with E-state index >= 15 is 0 Å². The lowest BCUT2D eigenvalue weighted by Crippen LogP contribution is -2.45. The lowest BCUT2D eigenvalue weighted by molar-refractivity contribution is 0.0985. The van der Waals surface area contributed by atoms with Gasteiger partial charge in [0.2, 0.25) is 0 Å². The van der Waals surface area contributed by atoms with Gasteiger partial charge in [0.1, 0.15) is 0 Å². The quantitative estimate of drug-likeness (QED) is 0.856. The van der Waals surface area contributed by atoms with Crippen molar-refractivity contribution in [2.24, 2.45) is 7.05 Å². The molecule has 1 fully saturated rings. The van der Waals surface area contributed by atoms with Crippen LogP contribution in [0.4, 0.5) is 11.4 Å². The van der Waals surface area contributed by atoms with Crippen LogP contribution in [0.5, 0.6) is 0 Å². The van der Waals surface area contributed by atoms with Crippen molar-refractivity contribution >= 4 is 17.3 Å². The highest BCUT2D eigenvalue weighted by molar-refractivity contribution is 6.09. The first kappa shape index (κ1) is 14.3. The summed E-state index contributed by atoms with van der Waals surface area (Å²) in [5.41, 5.74) is 4.68. The number of fused-ring (bicyclic) bond motifs is 1. The summed E-state index contributed by atoms with van der Waals surface area (Å²) < 4.78 is 1.79. The first-order valence-corrected chi connectivity index (χ1v) is 8.25. The van der Waals surface area contributed by atoms with Gasteiger partial charge in [-0.05, 0) is 38.8 Å². The monoisotopic (exact) mass is 310 g/mol. The molecule has 0 saturated heterocycles. The van der Waals surface area contributed by atoms with Crippen LogP contribution in [-0.2, 0) is 7.05 Å². The topological polar surface area (TPSA) is 41.4 Å². The number of anilines is 2. The fourth-order valence-corrected chi connectivity index (χ4v) is 3.58. The van der Waals surface area contributed by atoms with E-state index in [0.29, 0.717) is 6.04 Å². The number of aromatic nitrogens is 2. The minimum atomic E-state index is 0.0657. The molecule has 0 N–H and O–H groups in total. The van der Waals surface area contributed by atoms with E-state index in [1.807, 2.05) is 31.9 Å². The van der Waals surface area contributed by atoms with Crippen LogP contribution < -0.4 is 9.80 Å². The van der Waals surface area contributed by atoms with E-state index in [1.54, 1.807) is 4.68 Å². The molecule has 0 atom stereocenters. The van der Waals surface area contributed by atoms with Crippen LogP contribution in [0.1, 0.15) is 34.6 Å². The molecule has 2 heterocycles. The van der Waals surface area contributed by atoms with Gasteiger partial charge in [-0.3, -0.25) is 9.48 Å². The van der Waals surface area contributed by atoms with Crippen LogP contribution in [0.2, 0.25) is 0 Å². The van der Waals surface area contributed by atoms with E-state index in [2.05, 4.69) is 28.2 Å². The summed E-state index contributed by atoms with van der Waals surface area (Å²) in [7, 11) is 1.89. The second kappa shape index (κ2) is 5.11. The molecule has 0 radical (unpaired) electrons. The first-order valence-electron chi connectivity index (χ1n) is 8.25. The van der Waals surface area contributed by atoms with Crippen molar-refractivity contribution in [1.82, 2.24) is 9.78 Å².